The summed E-state index contributed by atoms with van der Waals surface area (Å²) in [6.45, 7) is 0.112. The molecule has 0 bridgehead atoms. The molecule has 1 aromatic carbocycles. The van der Waals surface area contributed by atoms with Crippen LogP contribution in [0.3, 0.4) is 0 Å². The molecule has 1 aromatic rings. The molecule has 0 atom stereocenters. The van der Waals surface area contributed by atoms with E-state index in [9.17, 15) is 9.59 Å². The maximum absolute atomic E-state index is 12.1. The number of likely N-dealkylation sites (N-methyl/N-ethyl adjacent to an activating group) is 1. The minimum Gasteiger partial charge on any atom is -0.468 e. The number of halogens is 1. The SMILES string of the molecule is COC(=O)CN(C)C(=O)c1ccc(C#CCN)c(Cl)c1. The lowest BCUT2D eigenvalue weighted by Gasteiger charge is -2.15. The van der Waals surface area contributed by atoms with Crippen molar-refractivity contribution in [3.63, 3.8) is 0 Å². The van der Waals surface area contributed by atoms with Gasteiger partial charge in [0.25, 0.3) is 5.91 Å². The maximum Gasteiger partial charge on any atom is 0.325 e. The Morgan fingerprint density at radius 2 is 2.15 bits per heavy atom. The molecule has 2 N–H and O–H groups in total. The normalized spacial score (nSPS) is 9.40. The van der Waals surface area contributed by atoms with Gasteiger partial charge >= 0.3 is 5.97 Å². The lowest BCUT2D eigenvalue weighted by atomic mass is 10.1. The van der Waals surface area contributed by atoms with Gasteiger partial charge in [-0.05, 0) is 18.2 Å². The van der Waals surface area contributed by atoms with Crippen molar-refractivity contribution in [3.8, 4) is 11.8 Å². The predicted octanol–water partition coefficient (Wildman–Crippen LogP) is 0.895. The van der Waals surface area contributed by atoms with Gasteiger partial charge < -0.3 is 15.4 Å². The molecule has 1 rings (SSSR count). The van der Waals surface area contributed by atoms with Crippen molar-refractivity contribution < 1.29 is 14.3 Å². The highest BCUT2D eigenvalue weighted by atomic mass is 35.5. The van der Waals surface area contributed by atoms with Crippen molar-refractivity contribution >= 4 is 23.5 Å². The highest BCUT2D eigenvalue weighted by Crippen LogP contribution is 2.18. The number of hydrogen-bond acceptors (Lipinski definition) is 4. The third kappa shape index (κ3) is 4.26. The molecule has 0 fully saturated rings. The monoisotopic (exact) mass is 294 g/mol. The molecule has 6 heteroatoms. The van der Waals surface area contributed by atoms with E-state index in [0.29, 0.717) is 16.1 Å². The Morgan fingerprint density at radius 3 is 2.70 bits per heavy atom. The second kappa shape index (κ2) is 7.53. The number of carbonyl (C=O) groups excluding carboxylic acids is 2. The van der Waals surface area contributed by atoms with Gasteiger partial charge in [0.1, 0.15) is 6.54 Å². The van der Waals surface area contributed by atoms with Crippen LogP contribution in [0.25, 0.3) is 0 Å². The first-order valence-corrected chi connectivity index (χ1v) is 6.18. The van der Waals surface area contributed by atoms with Gasteiger partial charge in [-0.2, -0.15) is 0 Å². The van der Waals surface area contributed by atoms with Gasteiger partial charge in [-0.25, -0.2) is 0 Å². The molecule has 0 saturated carbocycles. The van der Waals surface area contributed by atoms with E-state index in [0.717, 1.165) is 0 Å². The van der Waals surface area contributed by atoms with Gasteiger partial charge in [0.2, 0.25) is 0 Å². The zero-order valence-corrected chi connectivity index (χ0v) is 12.0. The molecule has 106 valence electrons. The van der Waals surface area contributed by atoms with Gasteiger partial charge in [-0.3, -0.25) is 9.59 Å². The summed E-state index contributed by atoms with van der Waals surface area (Å²) in [6, 6.07) is 4.75. The number of benzene rings is 1. The smallest absolute Gasteiger partial charge is 0.325 e. The lowest BCUT2D eigenvalue weighted by molar-refractivity contribution is -0.141. The quantitative estimate of drug-likeness (QED) is 0.664. The van der Waals surface area contributed by atoms with Crippen LogP contribution in [0.1, 0.15) is 15.9 Å². The van der Waals surface area contributed by atoms with E-state index in [4.69, 9.17) is 17.3 Å². The third-order valence-corrected chi connectivity index (χ3v) is 2.79. The Hall–Kier alpha value is -2.03. The van der Waals surface area contributed by atoms with E-state index in [1.54, 1.807) is 12.1 Å². The summed E-state index contributed by atoms with van der Waals surface area (Å²) in [7, 11) is 2.78. The average molecular weight is 295 g/mol. The van der Waals surface area contributed by atoms with Crippen molar-refractivity contribution in [2.24, 2.45) is 5.73 Å². The van der Waals surface area contributed by atoms with Gasteiger partial charge in [0.05, 0.1) is 18.7 Å². The minimum atomic E-state index is -0.489. The molecule has 1 amide bonds. The molecule has 0 heterocycles. The van der Waals surface area contributed by atoms with Crippen LogP contribution >= 0.6 is 11.6 Å². The number of rotatable bonds is 3. The van der Waals surface area contributed by atoms with Crippen molar-refractivity contribution in [1.29, 1.82) is 0 Å². The van der Waals surface area contributed by atoms with E-state index < -0.39 is 5.97 Å². The van der Waals surface area contributed by atoms with E-state index in [2.05, 4.69) is 16.6 Å². The fourth-order valence-corrected chi connectivity index (χ4v) is 1.67. The topological polar surface area (TPSA) is 72.6 Å². The molecule has 0 unspecified atom stereocenters. The summed E-state index contributed by atoms with van der Waals surface area (Å²) in [5.41, 5.74) is 6.26. The van der Waals surface area contributed by atoms with E-state index in [1.807, 2.05) is 0 Å². The standard InChI is InChI=1S/C14H15ClN2O3/c1-17(9-13(18)20-2)14(19)11-6-5-10(4-3-7-16)12(15)8-11/h5-6,8H,7,9,16H2,1-2H3. The van der Waals surface area contributed by atoms with Crippen molar-refractivity contribution in [2.45, 2.75) is 0 Å². The number of esters is 1. The maximum atomic E-state index is 12.1. The summed E-state index contributed by atoms with van der Waals surface area (Å²) >= 11 is 6.04. The van der Waals surface area contributed by atoms with Crippen LogP contribution in [-0.4, -0.2) is 44.0 Å². The summed E-state index contributed by atoms with van der Waals surface area (Å²) in [5, 5.41) is 0.364. The molecule has 0 aliphatic heterocycles. The molecule has 20 heavy (non-hydrogen) atoms. The van der Waals surface area contributed by atoms with Crippen molar-refractivity contribution in [3.05, 3.63) is 34.3 Å². The Kier molecular flexibility index (Phi) is 6.04. The number of hydrogen-bond donors (Lipinski definition) is 1. The molecular formula is C14H15ClN2O3. The van der Waals surface area contributed by atoms with Crippen LogP contribution in [-0.2, 0) is 9.53 Å². The first-order chi connectivity index (χ1) is 9.49. The third-order valence-electron chi connectivity index (χ3n) is 2.48. The van der Waals surface area contributed by atoms with Gasteiger partial charge in [-0.1, -0.05) is 23.4 Å². The largest absolute Gasteiger partial charge is 0.468 e. The molecule has 0 aromatic heterocycles. The Balaban J connectivity index is 2.89. The van der Waals surface area contributed by atoms with Crippen LogP contribution < -0.4 is 5.73 Å². The van der Waals surface area contributed by atoms with Crippen molar-refractivity contribution in [1.82, 2.24) is 4.90 Å². The summed E-state index contributed by atoms with van der Waals surface area (Å²) < 4.78 is 4.51. The van der Waals surface area contributed by atoms with Gasteiger partial charge in [0, 0.05) is 18.2 Å². The number of amides is 1. The van der Waals surface area contributed by atoms with Crippen LogP contribution in [0.2, 0.25) is 5.02 Å². The van der Waals surface area contributed by atoms with E-state index in [1.165, 1.54) is 25.1 Å². The Bertz CT molecular complexity index is 576. The number of ether oxygens (including phenoxy) is 1. The minimum absolute atomic E-state index is 0.123. The Labute approximate surface area is 122 Å². The predicted molar refractivity (Wildman–Crippen MR) is 76.4 cm³/mol. The first kappa shape index (κ1) is 16.0. The van der Waals surface area contributed by atoms with Crippen LogP contribution in [0.4, 0.5) is 0 Å². The zero-order chi connectivity index (χ0) is 15.1. The summed E-state index contributed by atoms with van der Waals surface area (Å²) in [6.07, 6.45) is 0. The molecule has 0 aliphatic carbocycles. The summed E-state index contributed by atoms with van der Waals surface area (Å²) in [5.74, 6) is 4.68. The number of methoxy groups -OCH3 is 1. The molecule has 0 spiro atoms. The number of nitrogens with zero attached hydrogens (tertiary/aromatic N) is 1. The zero-order valence-electron chi connectivity index (χ0n) is 11.3. The molecular weight excluding hydrogens is 280 g/mol. The van der Waals surface area contributed by atoms with Crippen LogP contribution in [0.5, 0.6) is 0 Å². The van der Waals surface area contributed by atoms with Crippen LogP contribution in [0, 0.1) is 11.8 Å². The average Bonchev–Trinajstić information content (AvgIpc) is 2.44. The van der Waals surface area contributed by atoms with Crippen LogP contribution in [0.15, 0.2) is 18.2 Å². The fraction of sp³-hybridized carbons (Fsp3) is 0.286. The fourth-order valence-electron chi connectivity index (χ4n) is 1.45. The van der Waals surface area contributed by atoms with Gasteiger partial charge in [-0.15, -0.1) is 0 Å². The molecule has 0 saturated heterocycles. The second-order valence-electron chi connectivity index (χ2n) is 3.94. The first-order valence-electron chi connectivity index (χ1n) is 5.80. The Morgan fingerprint density at radius 1 is 1.45 bits per heavy atom. The molecule has 0 radical (unpaired) electrons. The van der Waals surface area contributed by atoms with E-state index >= 15 is 0 Å². The number of nitrogens with two attached hydrogens (primary N) is 1. The molecule has 5 nitrogen and oxygen atoms in total. The lowest BCUT2D eigenvalue weighted by Crippen LogP contribution is -2.32. The number of carbonyl (C=O) groups is 2. The highest BCUT2D eigenvalue weighted by molar-refractivity contribution is 6.32. The van der Waals surface area contributed by atoms with E-state index in [-0.39, 0.29) is 19.0 Å². The molecule has 0 aliphatic rings. The second-order valence-corrected chi connectivity index (χ2v) is 4.35. The van der Waals surface area contributed by atoms with Crippen molar-refractivity contribution in [2.75, 3.05) is 27.2 Å². The summed E-state index contributed by atoms with van der Waals surface area (Å²) in [4.78, 5) is 24.5. The highest BCUT2D eigenvalue weighted by Gasteiger charge is 2.16. The van der Waals surface area contributed by atoms with Gasteiger partial charge in [0.15, 0.2) is 0 Å².